The molecule has 0 bridgehead atoms. The molecule has 0 unspecified atom stereocenters. The van der Waals surface area contributed by atoms with Crippen molar-refractivity contribution in [1.82, 2.24) is 4.98 Å². The highest BCUT2D eigenvalue weighted by Gasteiger charge is 2.16. The predicted molar refractivity (Wildman–Crippen MR) is 52.0 cm³/mol. The smallest absolute Gasteiger partial charge is 0.339 e. The Balaban J connectivity index is 3.15. The molecule has 1 N–H and O–H groups in total. The maximum Gasteiger partial charge on any atom is 0.339 e. The summed E-state index contributed by atoms with van der Waals surface area (Å²) in [4.78, 5) is 14.5. The lowest BCUT2D eigenvalue weighted by Crippen LogP contribution is -2.10. The number of ether oxygens (including phenoxy) is 1. The molecule has 5 heteroatoms. The number of halogens is 1. The summed E-state index contributed by atoms with van der Waals surface area (Å²) in [7, 11) is 0. The molecule has 0 saturated carbocycles. The molecule has 1 aromatic rings. The van der Waals surface area contributed by atoms with Gasteiger partial charge in [0.1, 0.15) is 5.56 Å². The second-order valence-corrected chi connectivity index (χ2v) is 3.31. The van der Waals surface area contributed by atoms with Crippen LogP contribution in [-0.4, -0.2) is 22.2 Å². The lowest BCUT2D eigenvalue weighted by molar-refractivity contribution is 0.0690. The zero-order valence-corrected chi connectivity index (χ0v) is 8.58. The molecular formula is C9H10ClNO3. The number of rotatable bonds is 3. The van der Waals surface area contributed by atoms with Crippen molar-refractivity contribution in [3.63, 3.8) is 0 Å². The van der Waals surface area contributed by atoms with Crippen molar-refractivity contribution in [2.45, 2.75) is 20.0 Å². The van der Waals surface area contributed by atoms with Crippen LogP contribution in [-0.2, 0) is 0 Å². The normalized spacial score (nSPS) is 10.3. The van der Waals surface area contributed by atoms with E-state index in [0.717, 1.165) is 0 Å². The van der Waals surface area contributed by atoms with E-state index >= 15 is 0 Å². The van der Waals surface area contributed by atoms with Crippen molar-refractivity contribution < 1.29 is 14.6 Å². The summed E-state index contributed by atoms with van der Waals surface area (Å²) < 4.78 is 5.26. The Kier molecular flexibility index (Phi) is 3.30. The van der Waals surface area contributed by atoms with Gasteiger partial charge in [0.05, 0.1) is 6.10 Å². The van der Waals surface area contributed by atoms with Crippen molar-refractivity contribution in [1.29, 1.82) is 0 Å². The Bertz CT molecular complexity index is 352. The maximum absolute atomic E-state index is 10.8. The molecule has 1 heterocycles. The maximum atomic E-state index is 10.8. The lowest BCUT2D eigenvalue weighted by Gasteiger charge is -2.12. The molecule has 76 valence electrons. The van der Waals surface area contributed by atoms with Crippen LogP contribution >= 0.6 is 11.6 Å². The number of aromatic nitrogens is 1. The third-order valence-corrected chi connectivity index (χ3v) is 1.71. The summed E-state index contributed by atoms with van der Waals surface area (Å²) in [5.41, 5.74) is 0.0266. The van der Waals surface area contributed by atoms with Gasteiger partial charge in [-0.15, -0.1) is 0 Å². The Hall–Kier alpha value is -1.29. The molecule has 0 aliphatic carbocycles. The predicted octanol–water partition coefficient (Wildman–Crippen LogP) is 2.22. The van der Waals surface area contributed by atoms with Crippen molar-refractivity contribution in [2.24, 2.45) is 0 Å². The van der Waals surface area contributed by atoms with Crippen LogP contribution in [0.15, 0.2) is 12.3 Å². The average Bonchev–Trinajstić information content (AvgIpc) is 2.07. The van der Waals surface area contributed by atoms with Crippen molar-refractivity contribution in [2.75, 3.05) is 0 Å². The number of carboxylic acids is 1. The first-order chi connectivity index (χ1) is 6.52. The Morgan fingerprint density at radius 3 is 2.79 bits per heavy atom. The van der Waals surface area contributed by atoms with Gasteiger partial charge in [0.25, 0.3) is 0 Å². The minimum atomic E-state index is -1.08. The molecule has 1 rings (SSSR count). The van der Waals surface area contributed by atoms with Gasteiger partial charge in [0, 0.05) is 6.20 Å². The van der Waals surface area contributed by atoms with Crippen LogP contribution in [0.2, 0.25) is 5.15 Å². The van der Waals surface area contributed by atoms with Crippen LogP contribution < -0.4 is 4.74 Å². The van der Waals surface area contributed by atoms with Crippen LogP contribution in [0, 0.1) is 0 Å². The fourth-order valence-corrected chi connectivity index (χ4v) is 1.14. The number of carboxylic acid groups (broad SMARTS) is 1. The standard InChI is InChI=1S/C9H10ClNO3/c1-5(2)14-7-6(9(12)13)3-4-11-8(7)10/h3-5H,1-2H3,(H,12,13). The molecule has 0 aromatic carbocycles. The minimum absolute atomic E-state index is 0.0266. The van der Waals surface area contributed by atoms with Gasteiger partial charge in [-0.2, -0.15) is 0 Å². The van der Waals surface area contributed by atoms with Gasteiger partial charge in [0.2, 0.25) is 0 Å². The Labute approximate surface area is 86.5 Å². The van der Waals surface area contributed by atoms with Crippen molar-refractivity contribution >= 4 is 17.6 Å². The molecule has 0 aliphatic heterocycles. The van der Waals surface area contributed by atoms with E-state index in [1.807, 2.05) is 0 Å². The van der Waals surface area contributed by atoms with Gasteiger partial charge in [-0.05, 0) is 19.9 Å². The first kappa shape index (κ1) is 10.8. The number of carbonyl (C=O) groups is 1. The molecule has 0 saturated heterocycles. The van der Waals surface area contributed by atoms with E-state index in [1.54, 1.807) is 13.8 Å². The fraction of sp³-hybridized carbons (Fsp3) is 0.333. The Morgan fingerprint density at radius 2 is 2.29 bits per heavy atom. The van der Waals surface area contributed by atoms with Crippen LogP contribution in [0.25, 0.3) is 0 Å². The summed E-state index contributed by atoms with van der Waals surface area (Å²) in [6.07, 6.45) is 1.19. The lowest BCUT2D eigenvalue weighted by atomic mass is 10.2. The van der Waals surface area contributed by atoms with Crippen molar-refractivity contribution in [3.8, 4) is 5.75 Å². The number of pyridine rings is 1. The van der Waals surface area contributed by atoms with Gasteiger partial charge in [-0.25, -0.2) is 9.78 Å². The summed E-state index contributed by atoms with van der Waals surface area (Å²) in [5, 5.41) is 8.90. The van der Waals surface area contributed by atoms with Gasteiger partial charge in [0.15, 0.2) is 10.9 Å². The summed E-state index contributed by atoms with van der Waals surface area (Å²) in [6.45, 7) is 3.57. The van der Waals surface area contributed by atoms with E-state index in [1.165, 1.54) is 12.3 Å². The number of hydrogen-bond acceptors (Lipinski definition) is 3. The topological polar surface area (TPSA) is 59.4 Å². The van der Waals surface area contributed by atoms with Crippen LogP contribution in [0.4, 0.5) is 0 Å². The third-order valence-electron chi connectivity index (χ3n) is 1.45. The first-order valence-electron chi connectivity index (χ1n) is 4.07. The van der Waals surface area contributed by atoms with Crippen LogP contribution in [0.5, 0.6) is 5.75 Å². The SMILES string of the molecule is CC(C)Oc1c(C(=O)O)ccnc1Cl. The molecule has 14 heavy (non-hydrogen) atoms. The second-order valence-electron chi connectivity index (χ2n) is 2.95. The Morgan fingerprint density at radius 1 is 1.64 bits per heavy atom. The van der Waals surface area contributed by atoms with E-state index in [4.69, 9.17) is 21.4 Å². The zero-order valence-electron chi connectivity index (χ0n) is 7.82. The molecule has 4 nitrogen and oxygen atoms in total. The van der Waals surface area contributed by atoms with E-state index in [2.05, 4.69) is 4.98 Å². The molecule has 0 spiro atoms. The molecule has 1 aromatic heterocycles. The molecule has 0 radical (unpaired) electrons. The van der Waals surface area contributed by atoms with E-state index in [0.29, 0.717) is 0 Å². The summed E-state index contributed by atoms with van der Waals surface area (Å²) in [6, 6.07) is 1.35. The summed E-state index contributed by atoms with van der Waals surface area (Å²) in [5.74, 6) is -0.957. The van der Waals surface area contributed by atoms with Crippen molar-refractivity contribution in [3.05, 3.63) is 23.0 Å². The molecule has 0 aliphatic rings. The zero-order chi connectivity index (χ0) is 10.7. The van der Waals surface area contributed by atoms with Gasteiger partial charge in [-0.1, -0.05) is 11.6 Å². The highest BCUT2D eigenvalue weighted by molar-refractivity contribution is 6.31. The van der Waals surface area contributed by atoms with Crippen LogP contribution in [0.1, 0.15) is 24.2 Å². The second kappa shape index (κ2) is 4.28. The van der Waals surface area contributed by atoms with Crippen LogP contribution in [0.3, 0.4) is 0 Å². The average molecular weight is 216 g/mol. The van der Waals surface area contributed by atoms with E-state index < -0.39 is 5.97 Å². The largest absolute Gasteiger partial charge is 0.487 e. The van der Waals surface area contributed by atoms with E-state index in [9.17, 15) is 4.79 Å². The van der Waals surface area contributed by atoms with Gasteiger partial charge >= 0.3 is 5.97 Å². The fourth-order valence-electron chi connectivity index (χ4n) is 0.939. The minimum Gasteiger partial charge on any atom is -0.487 e. The number of nitrogens with zero attached hydrogens (tertiary/aromatic N) is 1. The quantitative estimate of drug-likeness (QED) is 0.786. The highest BCUT2D eigenvalue weighted by atomic mass is 35.5. The van der Waals surface area contributed by atoms with E-state index in [-0.39, 0.29) is 22.6 Å². The first-order valence-corrected chi connectivity index (χ1v) is 4.44. The molecular weight excluding hydrogens is 206 g/mol. The molecule has 0 amide bonds. The number of aromatic carboxylic acids is 1. The molecule has 0 fully saturated rings. The molecule has 0 atom stereocenters. The van der Waals surface area contributed by atoms with Gasteiger partial charge in [-0.3, -0.25) is 0 Å². The summed E-state index contributed by atoms with van der Waals surface area (Å²) >= 11 is 5.72. The highest BCUT2D eigenvalue weighted by Crippen LogP contribution is 2.27. The monoisotopic (exact) mass is 215 g/mol. The number of hydrogen-bond donors (Lipinski definition) is 1. The third kappa shape index (κ3) is 2.35. The van der Waals surface area contributed by atoms with Gasteiger partial charge < -0.3 is 9.84 Å².